The van der Waals surface area contributed by atoms with E-state index >= 15 is 0 Å². The minimum absolute atomic E-state index is 0.126. The number of nitrogens with zero attached hydrogens (tertiary/aromatic N) is 2. The highest BCUT2D eigenvalue weighted by Gasteiger charge is 2.32. The van der Waals surface area contributed by atoms with Crippen LogP contribution in [0.15, 0.2) is 51.7 Å². The molecule has 0 spiro atoms. The van der Waals surface area contributed by atoms with E-state index in [0.29, 0.717) is 35.3 Å². The van der Waals surface area contributed by atoms with Crippen molar-refractivity contribution in [3.63, 3.8) is 0 Å². The minimum Gasteiger partial charge on any atom is -0.321 e. The molecule has 0 radical (unpaired) electrons. The molecule has 0 atom stereocenters. The molecule has 1 N–H and O–H groups in total. The van der Waals surface area contributed by atoms with Crippen molar-refractivity contribution in [2.75, 3.05) is 33.7 Å². The summed E-state index contributed by atoms with van der Waals surface area (Å²) in [4.78, 5) is 18.0. The van der Waals surface area contributed by atoms with Crippen LogP contribution in [0.3, 0.4) is 0 Å². The van der Waals surface area contributed by atoms with Gasteiger partial charge in [0.25, 0.3) is 5.56 Å². The molecule has 0 saturated carbocycles. The van der Waals surface area contributed by atoms with Crippen LogP contribution in [-0.4, -0.2) is 56.3 Å². The molecule has 1 fully saturated rings. The van der Waals surface area contributed by atoms with Gasteiger partial charge in [-0.2, -0.15) is 4.31 Å². The fourth-order valence-electron chi connectivity index (χ4n) is 5.12. The lowest BCUT2D eigenvalue weighted by Crippen LogP contribution is -2.36. The van der Waals surface area contributed by atoms with E-state index in [2.05, 4.69) is 30.1 Å². The van der Waals surface area contributed by atoms with Gasteiger partial charge < -0.3 is 9.88 Å². The fraction of sp³-hybridized carbons (Fsp3) is 0.400. The van der Waals surface area contributed by atoms with Gasteiger partial charge in [-0.25, -0.2) is 8.42 Å². The molecular weight excluding hydrogens is 422 g/mol. The van der Waals surface area contributed by atoms with Crippen molar-refractivity contribution in [1.29, 1.82) is 0 Å². The molecule has 2 aliphatic rings. The third-order valence-corrected chi connectivity index (χ3v) is 8.74. The summed E-state index contributed by atoms with van der Waals surface area (Å²) >= 11 is 0. The molecule has 6 nitrogen and oxygen atoms in total. The van der Waals surface area contributed by atoms with Crippen LogP contribution >= 0.6 is 0 Å². The van der Waals surface area contributed by atoms with Crippen LogP contribution in [-0.2, 0) is 16.4 Å². The van der Waals surface area contributed by atoms with E-state index in [4.69, 9.17) is 0 Å². The van der Waals surface area contributed by atoms with Crippen molar-refractivity contribution in [3.8, 4) is 0 Å². The second-order valence-corrected chi connectivity index (χ2v) is 11.1. The van der Waals surface area contributed by atoms with E-state index in [9.17, 15) is 13.2 Å². The van der Waals surface area contributed by atoms with Gasteiger partial charge in [0.05, 0.1) is 4.90 Å². The van der Waals surface area contributed by atoms with Crippen LogP contribution in [0.4, 0.5) is 0 Å². The van der Waals surface area contributed by atoms with Gasteiger partial charge >= 0.3 is 0 Å². The Morgan fingerprint density at radius 2 is 1.88 bits per heavy atom. The van der Waals surface area contributed by atoms with Crippen LogP contribution < -0.4 is 5.56 Å². The first kappa shape index (κ1) is 21.4. The minimum atomic E-state index is -3.60. The van der Waals surface area contributed by atoms with E-state index in [1.165, 1.54) is 5.57 Å². The van der Waals surface area contributed by atoms with E-state index in [1.807, 2.05) is 18.2 Å². The van der Waals surface area contributed by atoms with Gasteiger partial charge in [-0.05, 0) is 75.6 Å². The molecular formula is C25H29N3O3S. The predicted octanol–water partition coefficient (Wildman–Crippen LogP) is 3.64. The number of H-pyrrole nitrogens is 1. The lowest BCUT2D eigenvalue weighted by Gasteiger charge is -2.28. The van der Waals surface area contributed by atoms with Crippen molar-refractivity contribution in [2.24, 2.45) is 0 Å². The molecule has 0 unspecified atom stereocenters. The molecule has 7 heteroatoms. The third-order valence-electron chi connectivity index (χ3n) is 6.76. The molecule has 1 aromatic heterocycles. The number of benzene rings is 2. The number of aromatic nitrogens is 1. The van der Waals surface area contributed by atoms with Crippen LogP contribution in [0.2, 0.25) is 0 Å². The predicted molar refractivity (Wildman–Crippen MR) is 129 cm³/mol. The Bertz CT molecular complexity index is 1390. The molecule has 0 amide bonds. The Balaban J connectivity index is 1.42. The van der Waals surface area contributed by atoms with Crippen molar-refractivity contribution < 1.29 is 8.42 Å². The second kappa shape index (κ2) is 8.14. The smallest absolute Gasteiger partial charge is 0.256 e. The SMILES string of the molecule is CN(C)CCCC=C1CCN(S(=O)(=O)c2ccc3[nH]c(=O)c4cccc5c4c3c2C5)CC1. The van der Waals surface area contributed by atoms with Crippen molar-refractivity contribution >= 4 is 31.7 Å². The summed E-state index contributed by atoms with van der Waals surface area (Å²) in [7, 11) is 0.561. The molecule has 168 valence electrons. The second-order valence-electron chi connectivity index (χ2n) is 9.15. The van der Waals surface area contributed by atoms with Gasteiger partial charge in [0.15, 0.2) is 0 Å². The van der Waals surface area contributed by atoms with Crippen molar-refractivity contribution in [1.82, 2.24) is 14.2 Å². The standard InChI is InChI=1S/C25H29N3O3S/c1-27(2)13-4-3-6-17-11-14-28(15-12-17)32(30,31)22-10-9-21-24-20(22)16-18-7-5-8-19(23(18)24)25(29)26-21/h5-10H,3-4,11-16H2,1-2H3,(H,26,29). The fourth-order valence-corrected chi connectivity index (χ4v) is 6.79. The van der Waals surface area contributed by atoms with E-state index in [1.54, 1.807) is 16.4 Å². The normalized spacial score (nSPS) is 16.7. The first-order valence-corrected chi connectivity index (χ1v) is 12.7. The summed E-state index contributed by atoms with van der Waals surface area (Å²) < 4.78 is 28.9. The number of rotatable bonds is 6. The molecule has 2 heterocycles. The van der Waals surface area contributed by atoms with Gasteiger partial charge in [-0.3, -0.25) is 4.79 Å². The van der Waals surface area contributed by atoms with Crippen LogP contribution in [0.25, 0.3) is 21.7 Å². The zero-order valence-electron chi connectivity index (χ0n) is 18.6. The number of hydrogen-bond acceptors (Lipinski definition) is 4. The Kier molecular flexibility index (Phi) is 5.43. The monoisotopic (exact) mass is 451 g/mol. The van der Waals surface area contributed by atoms with Crippen LogP contribution in [0.5, 0.6) is 0 Å². The van der Waals surface area contributed by atoms with Crippen molar-refractivity contribution in [3.05, 3.63) is 63.5 Å². The van der Waals surface area contributed by atoms with Crippen molar-refractivity contribution in [2.45, 2.75) is 37.0 Å². The van der Waals surface area contributed by atoms with Gasteiger partial charge in [0.2, 0.25) is 10.0 Å². The zero-order chi connectivity index (χ0) is 22.5. The summed E-state index contributed by atoms with van der Waals surface area (Å²) in [5.74, 6) is 0. The van der Waals surface area contributed by atoms with Gasteiger partial charge in [0, 0.05) is 41.2 Å². The van der Waals surface area contributed by atoms with Crippen LogP contribution in [0, 0.1) is 0 Å². The summed E-state index contributed by atoms with van der Waals surface area (Å²) in [6, 6.07) is 9.09. The highest BCUT2D eigenvalue weighted by atomic mass is 32.2. The summed E-state index contributed by atoms with van der Waals surface area (Å²) in [6.07, 6.45) is 6.59. The Labute approximate surface area is 188 Å². The quantitative estimate of drug-likeness (QED) is 0.276. The zero-order valence-corrected chi connectivity index (χ0v) is 19.5. The topological polar surface area (TPSA) is 73.5 Å². The first-order chi connectivity index (χ1) is 15.4. The third kappa shape index (κ3) is 3.58. The number of aromatic amines is 1. The highest BCUT2D eigenvalue weighted by molar-refractivity contribution is 7.89. The Morgan fingerprint density at radius 3 is 2.62 bits per heavy atom. The number of sulfonamides is 1. The maximum absolute atomic E-state index is 13.6. The van der Waals surface area contributed by atoms with E-state index in [-0.39, 0.29) is 5.56 Å². The lowest BCUT2D eigenvalue weighted by molar-refractivity contribution is 0.384. The highest BCUT2D eigenvalue weighted by Crippen LogP contribution is 2.40. The number of pyridine rings is 1. The largest absolute Gasteiger partial charge is 0.321 e. The van der Waals surface area contributed by atoms with Gasteiger partial charge in [-0.15, -0.1) is 0 Å². The maximum Gasteiger partial charge on any atom is 0.256 e. The Hall–Kier alpha value is -2.48. The summed E-state index contributed by atoms with van der Waals surface area (Å²) in [6.45, 7) is 2.11. The molecule has 32 heavy (non-hydrogen) atoms. The van der Waals surface area contributed by atoms with E-state index in [0.717, 1.165) is 54.1 Å². The Morgan fingerprint density at radius 1 is 1.09 bits per heavy atom. The number of hydrogen-bond donors (Lipinski definition) is 1. The summed E-state index contributed by atoms with van der Waals surface area (Å²) in [5, 5.41) is 2.42. The molecule has 1 aliphatic heterocycles. The average molecular weight is 452 g/mol. The molecule has 5 rings (SSSR count). The first-order valence-electron chi connectivity index (χ1n) is 11.3. The number of unbranched alkanes of at least 4 members (excludes halogenated alkanes) is 1. The number of nitrogens with one attached hydrogen (secondary N) is 1. The van der Waals surface area contributed by atoms with Gasteiger partial charge in [0.1, 0.15) is 0 Å². The molecule has 1 saturated heterocycles. The molecule has 3 aromatic rings. The lowest BCUT2D eigenvalue weighted by atomic mass is 10.0. The number of allylic oxidation sites excluding steroid dienone is 1. The summed E-state index contributed by atoms with van der Waals surface area (Å²) in [5.41, 5.74) is 3.79. The number of piperidine rings is 1. The average Bonchev–Trinajstić information content (AvgIpc) is 3.16. The van der Waals surface area contributed by atoms with Crippen LogP contribution in [0.1, 0.15) is 36.8 Å². The maximum atomic E-state index is 13.6. The van der Waals surface area contributed by atoms with E-state index < -0.39 is 10.0 Å². The molecule has 1 aliphatic carbocycles. The molecule has 0 bridgehead atoms. The molecule has 2 aromatic carbocycles. The van der Waals surface area contributed by atoms with Gasteiger partial charge in [-0.1, -0.05) is 23.8 Å².